The number of thiazole rings is 1. The first-order valence-corrected chi connectivity index (χ1v) is 9.74. The zero-order valence-electron chi connectivity index (χ0n) is 12.2. The fourth-order valence-corrected chi connectivity index (χ4v) is 4.65. The topological polar surface area (TPSA) is 37.6 Å². The van der Waals surface area contributed by atoms with Gasteiger partial charge in [0.1, 0.15) is 5.69 Å². The van der Waals surface area contributed by atoms with Crippen molar-refractivity contribution in [3.8, 4) is 11.3 Å². The van der Waals surface area contributed by atoms with Gasteiger partial charge in [0.2, 0.25) is 0 Å². The Labute approximate surface area is 147 Å². The van der Waals surface area contributed by atoms with E-state index >= 15 is 0 Å². The Bertz CT molecular complexity index is 867. The number of carbonyl (C=O) groups is 1. The fraction of sp³-hybridized carbons (Fsp3) is 0.250. The van der Waals surface area contributed by atoms with Crippen LogP contribution >= 0.6 is 34.7 Å². The number of imidazole rings is 1. The Morgan fingerprint density at radius 1 is 1.22 bits per heavy atom. The molecule has 0 bridgehead atoms. The molecule has 23 heavy (non-hydrogen) atoms. The molecule has 0 spiro atoms. The minimum atomic E-state index is 0.0830. The largest absolute Gasteiger partial charge is 0.336 e. The molecule has 118 valence electrons. The molecule has 0 aliphatic carbocycles. The predicted octanol–water partition coefficient (Wildman–Crippen LogP) is 3.91. The lowest BCUT2D eigenvalue weighted by atomic mass is 10.2. The van der Waals surface area contributed by atoms with Gasteiger partial charge in [-0.2, -0.15) is 11.8 Å². The highest BCUT2D eigenvalue weighted by Crippen LogP contribution is 2.29. The van der Waals surface area contributed by atoms with Crippen LogP contribution < -0.4 is 0 Å². The van der Waals surface area contributed by atoms with Crippen molar-refractivity contribution in [2.24, 2.45) is 0 Å². The number of amides is 1. The van der Waals surface area contributed by atoms with Gasteiger partial charge in [-0.15, -0.1) is 11.3 Å². The molecule has 1 fully saturated rings. The predicted molar refractivity (Wildman–Crippen MR) is 96.7 cm³/mol. The quantitative estimate of drug-likeness (QED) is 0.692. The molecule has 3 heterocycles. The van der Waals surface area contributed by atoms with Gasteiger partial charge >= 0.3 is 0 Å². The molecule has 3 aromatic rings. The van der Waals surface area contributed by atoms with Gasteiger partial charge in [0.15, 0.2) is 4.96 Å². The second-order valence-corrected chi connectivity index (χ2v) is 7.75. The number of thioether (sulfide) groups is 1. The molecule has 7 heteroatoms. The van der Waals surface area contributed by atoms with Crippen LogP contribution in [0.2, 0.25) is 5.02 Å². The van der Waals surface area contributed by atoms with Crippen molar-refractivity contribution >= 4 is 45.6 Å². The molecule has 0 radical (unpaired) electrons. The summed E-state index contributed by atoms with van der Waals surface area (Å²) < 4.78 is 1.88. The normalized spacial score (nSPS) is 15.3. The number of halogens is 1. The van der Waals surface area contributed by atoms with Crippen LogP contribution in [0.4, 0.5) is 0 Å². The average molecular weight is 364 g/mol. The molecule has 1 amide bonds. The van der Waals surface area contributed by atoms with Crippen molar-refractivity contribution in [3.63, 3.8) is 0 Å². The molecule has 1 saturated heterocycles. The van der Waals surface area contributed by atoms with Crippen LogP contribution in [0.3, 0.4) is 0 Å². The molecule has 1 aromatic carbocycles. The van der Waals surface area contributed by atoms with E-state index in [2.05, 4.69) is 4.98 Å². The third-order valence-electron chi connectivity index (χ3n) is 3.88. The zero-order valence-corrected chi connectivity index (χ0v) is 14.6. The lowest BCUT2D eigenvalue weighted by Crippen LogP contribution is -2.38. The SMILES string of the molecule is O=C(c1csc2nc(-c3ccccc3Cl)cn12)N1CCSCC1. The minimum Gasteiger partial charge on any atom is -0.336 e. The van der Waals surface area contributed by atoms with Crippen LogP contribution in [0.15, 0.2) is 35.8 Å². The van der Waals surface area contributed by atoms with Crippen LogP contribution in [0.1, 0.15) is 10.5 Å². The number of fused-ring (bicyclic) bond motifs is 1. The van der Waals surface area contributed by atoms with Gasteiger partial charge in [0.05, 0.1) is 10.7 Å². The molecular formula is C16H14ClN3OS2. The summed E-state index contributed by atoms with van der Waals surface area (Å²) in [6, 6.07) is 7.62. The average Bonchev–Trinajstić information content (AvgIpc) is 3.16. The first-order valence-electron chi connectivity index (χ1n) is 7.32. The highest BCUT2D eigenvalue weighted by Gasteiger charge is 2.22. The van der Waals surface area contributed by atoms with E-state index in [-0.39, 0.29) is 5.91 Å². The molecule has 2 aromatic heterocycles. The van der Waals surface area contributed by atoms with Crippen LogP contribution in [0.5, 0.6) is 0 Å². The van der Waals surface area contributed by atoms with E-state index in [4.69, 9.17) is 11.6 Å². The van der Waals surface area contributed by atoms with Gasteiger partial charge in [-0.1, -0.05) is 29.8 Å². The smallest absolute Gasteiger partial charge is 0.271 e. The van der Waals surface area contributed by atoms with Crippen molar-refractivity contribution in [2.45, 2.75) is 0 Å². The Morgan fingerprint density at radius 3 is 2.78 bits per heavy atom. The number of aromatic nitrogens is 2. The summed E-state index contributed by atoms with van der Waals surface area (Å²) in [7, 11) is 0. The summed E-state index contributed by atoms with van der Waals surface area (Å²) >= 11 is 9.63. The van der Waals surface area contributed by atoms with Gasteiger partial charge in [-0.25, -0.2) is 4.98 Å². The van der Waals surface area contributed by atoms with Crippen molar-refractivity contribution in [3.05, 3.63) is 46.6 Å². The van der Waals surface area contributed by atoms with Gasteiger partial charge < -0.3 is 4.90 Å². The number of carbonyl (C=O) groups excluding carboxylic acids is 1. The third-order valence-corrected chi connectivity index (χ3v) is 5.99. The lowest BCUT2D eigenvalue weighted by Gasteiger charge is -2.25. The van der Waals surface area contributed by atoms with Gasteiger partial charge in [0.25, 0.3) is 5.91 Å². The van der Waals surface area contributed by atoms with Crippen molar-refractivity contribution in [2.75, 3.05) is 24.6 Å². The fourth-order valence-electron chi connectivity index (χ4n) is 2.66. The van der Waals surface area contributed by atoms with Crippen LogP contribution in [0, 0.1) is 0 Å². The Hall–Kier alpha value is -1.50. The Morgan fingerprint density at radius 2 is 2.00 bits per heavy atom. The molecule has 0 unspecified atom stereocenters. The number of hydrogen-bond acceptors (Lipinski definition) is 4. The zero-order chi connectivity index (χ0) is 15.8. The molecule has 0 N–H and O–H groups in total. The van der Waals surface area contributed by atoms with Crippen molar-refractivity contribution in [1.82, 2.24) is 14.3 Å². The van der Waals surface area contributed by atoms with E-state index in [9.17, 15) is 4.79 Å². The van der Waals surface area contributed by atoms with Crippen LogP contribution in [-0.2, 0) is 0 Å². The van der Waals surface area contributed by atoms with Crippen molar-refractivity contribution in [1.29, 1.82) is 0 Å². The maximum Gasteiger partial charge on any atom is 0.271 e. The first-order chi connectivity index (χ1) is 11.2. The summed E-state index contributed by atoms with van der Waals surface area (Å²) in [5, 5.41) is 2.56. The molecule has 1 aliphatic heterocycles. The van der Waals surface area contributed by atoms with Crippen LogP contribution in [-0.4, -0.2) is 44.8 Å². The monoisotopic (exact) mass is 363 g/mol. The summed E-state index contributed by atoms with van der Waals surface area (Å²) in [4.78, 5) is 20.1. The highest BCUT2D eigenvalue weighted by atomic mass is 35.5. The van der Waals surface area contributed by atoms with E-state index < -0.39 is 0 Å². The maximum absolute atomic E-state index is 12.7. The van der Waals surface area contributed by atoms with Crippen molar-refractivity contribution < 1.29 is 4.79 Å². The number of benzene rings is 1. The summed E-state index contributed by atoms with van der Waals surface area (Å²) in [6.07, 6.45) is 1.90. The van der Waals surface area contributed by atoms with E-state index in [0.717, 1.165) is 40.8 Å². The van der Waals surface area contributed by atoms with E-state index in [1.807, 2.05) is 56.9 Å². The summed E-state index contributed by atoms with van der Waals surface area (Å²) in [5.74, 6) is 2.10. The first kappa shape index (κ1) is 15.1. The molecule has 0 atom stereocenters. The van der Waals surface area contributed by atoms with E-state index in [1.165, 1.54) is 11.3 Å². The van der Waals surface area contributed by atoms with E-state index in [1.54, 1.807) is 0 Å². The molecule has 0 saturated carbocycles. The molecule has 4 nitrogen and oxygen atoms in total. The standard InChI is InChI=1S/C16H14ClN3OS2/c17-12-4-2-1-3-11(12)13-9-20-14(10-23-16(20)18-13)15(21)19-5-7-22-8-6-19/h1-4,9-10H,5-8H2. The van der Waals surface area contributed by atoms with E-state index in [0.29, 0.717) is 10.7 Å². The second-order valence-electron chi connectivity index (χ2n) is 5.28. The third kappa shape index (κ3) is 2.75. The number of hydrogen-bond donors (Lipinski definition) is 0. The lowest BCUT2D eigenvalue weighted by molar-refractivity contribution is 0.0765. The molecular weight excluding hydrogens is 350 g/mol. The van der Waals surface area contributed by atoms with Crippen LogP contribution in [0.25, 0.3) is 16.2 Å². The minimum absolute atomic E-state index is 0.0830. The van der Waals surface area contributed by atoms with Gasteiger partial charge in [-0.3, -0.25) is 9.20 Å². The maximum atomic E-state index is 12.7. The Balaban J connectivity index is 1.72. The Kier molecular flexibility index (Phi) is 4.05. The molecule has 4 rings (SSSR count). The number of rotatable bonds is 2. The van der Waals surface area contributed by atoms with Gasteiger partial charge in [-0.05, 0) is 6.07 Å². The molecule has 1 aliphatic rings. The van der Waals surface area contributed by atoms with Gasteiger partial charge in [0, 0.05) is 41.7 Å². The summed E-state index contributed by atoms with van der Waals surface area (Å²) in [6.45, 7) is 1.62. The second kappa shape index (κ2) is 6.19. The highest BCUT2D eigenvalue weighted by molar-refractivity contribution is 7.99. The number of nitrogens with zero attached hydrogens (tertiary/aromatic N) is 3. The summed E-state index contributed by atoms with van der Waals surface area (Å²) in [5.41, 5.74) is 2.37.